The van der Waals surface area contributed by atoms with Crippen molar-refractivity contribution in [2.75, 3.05) is 12.9 Å². The lowest BCUT2D eigenvalue weighted by molar-refractivity contribution is 0.0520. The highest BCUT2D eigenvalue weighted by molar-refractivity contribution is 7.88. The number of carbonyl (C=O) groups excluding carboxylic acids is 1. The fraction of sp³-hybridized carbons (Fsp3) is 0.636. The Kier molecular flexibility index (Phi) is 5.45. The van der Waals surface area contributed by atoms with Crippen molar-refractivity contribution in [1.82, 2.24) is 9.29 Å². The molecule has 0 amide bonds. The lowest BCUT2D eigenvalue weighted by atomic mass is 10.4. The minimum Gasteiger partial charge on any atom is -0.461 e. The molecule has 0 N–H and O–H groups in total. The average Bonchev–Trinajstić information content (AvgIpc) is 2.72. The minimum absolute atomic E-state index is 0.162. The van der Waals surface area contributed by atoms with Gasteiger partial charge in [-0.15, -0.1) is 11.3 Å². The highest BCUT2D eigenvalue weighted by Crippen LogP contribution is 2.17. The summed E-state index contributed by atoms with van der Waals surface area (Å²) in [7, 11) is -3.30. The molecule has 0 saturated carbocycles. The van der Waals surface area contributed by atoms with Crippen molar-refractivity contribution in [2.24, 2.45) is 0 Å². The predicted molar refractivity (Wildman–Crippen MR) is 73.6 cm³/mol. The molecule has 1 heterocycles. The molecule has 0 aliphatic heterocycles. The molecule has 1 rings (SSSR count). The maximum atomic E-state index is 11.6. The van der Waals surface area contributed by atoms with Crippen molar-refractivity contribution in [3.63, 3.8) is 0 Å². The van der Waals surface area contributed by atoms with Gasteiger partial charge in [-0.2, -0.15) is 4.31 Å². The molecular weight excluding hydrogens is 288 g/mol. The normalized spacial score (nSPS) is 12.1. The summed E-state index contributed by atoms with van der Waals surface area (Å²) in [4.78, 5) is 15.6. The standard InChI is InChI=1S/C11H18N2O4S2/c1-5-17-11(14)9-7-18-10(12-9)6-13(8(2)3)19(4,15)16/h7-8H,5-6H2,1-4H3. The summed E-state index contributed by atoms with van der Waals surface area (Å²) in [5.41, 5.74) is 0.221. The Hall–Kier alpha value is -0.990. The number of hydrogen-bond acceptors (Lipinski definition) is 6. The van der Waals surface area contributed by atoms with Gasteiger partial charge in [0.25, 0.3) is 0 Å². The van der Waals surface area contributed by atoms with Crippen LogP contribution in [0.25, 0.3) is 0 Å². The van der Waals surface area contributed by atoms with Gasteiger partial charge in [0.2, 0.25) is 10.0 Å². The molecule has 0 atom stereocenters. The van der Waals surface area contributed by atoms with Gasteiger partial charge in [0, 0.05) is 11.4 Å². The van der Waals surface area contributed by atoms with E-state index in [-0.39, 0.29) is 24.9 Å². The van der Waals surface area contributed by atoms with Gasteiger partial charge in [-0.25, -0.2) is 18.2 Å². The van der Waals surface area contributed by atoms with Crippen LogP contribution in [-0.2, 0) is 21.3 Å². The molecule has 8 heteroatoms. The maximum Gasteiger partial charge on any atom is 0.357 e. The van der Waals surface area contributed by atoms with Gasteiger partial charge in [0.1, 0.15) is 5.01 Å². The number of esters is 1. The summed E-state index contributed by atoms with van der Waals surface area (Å²) in [5, 5.41) is 2.15. The summed E-state index contributed by atoms with van der Waals surface area (Å²) < 4.78 is 29.4. The zero-order valence-electron chi connectivity index (χ0n) is 11.4. The van der Waals surface area contributed by atoms with Crippen molar-refractivity contribution in [1.29, 1.82) is 0 Å². The first-order valence-corrected chi connectivity index (χ1v) is 8.56. The van der Waals surface area contributed by atoms with Crippen LogP contribution in [0.1, 0.15) is 36.3 Å². The van der Waals surface area contributed by atoms with E-state index in [1.165, 1.54) is 15.6 Å². The van der Waals surface area contributed by atoms with Crippen molar-refractivity contribution < 1.29 is 17.9 Å². The average molecular weight is 306 g/mol. The van der Waals surface area contributed by atoms with Gasteiger partial charge in [0.05, 0.1) is 19.4 Å². The van der Waals surface area contributed by atoms with Crippen LogP contribution in [0.4, 0.5) is 0 Å². The first-order chi connectivity index (χ1) is 8.75. The number of sulfonamides is 1. The van der Waals surface area contributed by atoms with Crippen LogP contribution in [0.5, 0.6) is 0 Å². The molecule has 0 radical (unpaired) electrons. The maximum absolute atomic E-state index is 11.6. The molecule has 0 bridgehead atoms. The van der Waals surface area contributed by atoms with Gasteiger partial charge in [-0.05, 0) is 20.8 Å². The molecule has 0 saturated heterocycles. The first kappa shape index (κ1) is 16.1. The quantitative estimate of drug-likeness (QED) is 0.744. The smallest absolute Gasteiger partial charge is 0.357 e. The van der Waals surface area contributed by atoms with Gasteiger partial charge in [0.15, 0.2) is 5.69 Å². The number of aromatic nitrogens is 1. The van der Waals surface area contributed by atoms with E-state index < -0.39 is 16.0 Å². The predicted octanol–water partition coefficient (Wildman–Crippen LogP) is 1.49. The third-order valence-corrected chi connectivity index (χ3v) is 4.57. The van der Waals surface area contributed by atoms with E-state index in [1.54, 1.807) is 26.2 Å². The second-order valence-corrected chi connectivity index (χ2v) is 7.13. The van der Waals surface area contributed by atoms with Crippen LogP contribution in [0, 0.1) is 0 Å². The summed E-state index contributed by atoms with van der Waals surface area (Å²) >= 11 is 1.25. The zero-order chi connectivity index (χ0) is 14.6. The monoisotopic (exact) mass is 306 g/mol. The molecule has 0 unspecified atom stereocenters. The Morgan fingerprint density at radius 2 is 2.16 bits per heavy atom. The Morgan fingerprint density at radius 1 is 1.53 bits per heavy atom. The summed E-state index contributed by atoms with van der Waals surface area (Å²) in [6.45, 7) is 5.75. The largest absolute Gasteiger partial charge is 0.461 e. The Balaban J connectivity index is 2.85. The van der Waals surface area contributed by atoms with Crippen molar-refractivity contribution in [3.8, 4) is 0 Å². The van der Waals surface area contributed by atoms with Crippen LogP contribution in [-0.4, -0.2) is 42.6 Å². The second kappa shape index (κ2) is 6.44. The topological polar surface area (TPSA) is 76.6 Å². The van der Waals surface area contributed by atoms with E-state index in [1.807, 2.05) is 0 Å². The first-order valence-electron chi connectivity index (χ1n) is 5.84. The zero-order valence-corrected chi connectivity index (χ0v) is 13.0. The number of rotatable bonds is 6. The number of ether oxygens (including phenoxy) is 1. The van der Waals surface area contributed by atoms with Crippen LogP contribution < -0.4 is 0 Å². The molecule has 1 aromatic rings. The molecule has 0 aliphatic carbocycles. The van der Waals surface area contributed by atoms with Crippen LogP contribution in [0.2, 0.25) is 0 Å². The Labute approximate surface area is 117 Å². The summed E-state index contributed by atoms with van der Waals surface area (Å²) in [5.74, 6) is -0.486. The van der Waals surface area contributed by atoms with Gasteiger partial charge in [-0.3, -0.25) is 0 Å². The number of thiazole rings is 1. The molecule has 0 spiro atoms. The molecule has 108 valence electrons. The molecule has 0 aromatic carbocycles. The molecule has 6 nitrogen and oxygen atoms in total. The number of hydrogen-bond donors (Lipinski definition) is 0. The lowest BCUT2D eigenvalue weighted by Crippen LogP contribution is -2.35. The SMILES string of the molecule is CCOC(=O)c1csc(CN(C(C)C)S(C)(=O)=O)n1. The van der Waals surface area contributed by atoms with Crippen molar-refractivity contribution in [3.05, 3.63) is 16.1 Å². The van der Waals surface area contributed by atoms with Crippen LogP contribution in [0.3, 0.4) is 0 Å². The van der Waals surface area contributed by atoms with Crippen LogP contribution in [0.15, 0.2) is 5.38 Å². The third kappa shape index (κ3) is 4.55. The Bertz CT molecular complexity index is 537. The molecule has 0 fully saturated rings. The second-order valence-electron chi connectivity index (χ2n) is 4.25. The molecule has 1 aromatic heterocycles. The van der Waals surface area contributed by atoms with E-state index in [4.69, 9.17) is 4.74 Å². The fourth-order valence-corrected chi connectivity index (χ4v) is 3.46. The lowest BCUT2D eigenvalue weighted by Gasteiger charge is -2.22. The van der Waals surface area contributed by atoms with Gasteiger partial charge < -0.3 is 4.74 Å². The van der Waals surface area contributed by atoms with E-state index >= 15 is 0 Å². The summed E-state index contributed by atoms with van der Waals surface area (Å²) in [6, 6.07) is -0.162. The van der Waals surface area contributed by atoms with E-state index in [9.17, 15) is 13.2 Å². The van der Waals surface area contributed by atoms with E-state index in [0.717, 1.165) is 6.26 Å². The highest BCUT2D eigenvalue weighted by Gasteiger charge is 2.22. The third-order valence-electron chi connectivity index (χ3n) is 2.33. The van der Waals surface area contributed by atoms with E-state index in [2.05, 4.69) is 4.98 Å². The van der Waals surface area contributed by atoms with Gasteiger partial charge in [-0.1, -0.05) is 0 Å². The van der Waals surface area contributed by atoms with E-state index in [0.29, 0.717) is 5.01 Å². The van der Waals surface area contributed by atoms with Gasteiger partial charge >= 0.3 is 5.97 Å². The molecule has 19 heavy (non-hydrogen) atoms. The highest BCUT2D eigenvalue weighted by atomic mass is 32.2. The minimum atomic E-state index is -3.30. The molecule has 0 aliphatic rings. The molecular formula is C11H18N2O4S2. The van der Waals surface area contributed by atoms with Crippen LogP contribution >= 0.6 is 11.3 Å². The summed E-state index contributed by atoms with van der Waals surface area (Å²) in [6.07, 6.45) is 1.16. The number of carbonyl (C=O) groups is 1. The number of nitrogens with zero attached hydrogens (tertiary/aromatic N) is 2. The Morgan fingerprint density at radius 3 is 2.63 bits per heavy atom. The van der Waals surface area contributed by atoms with Crippen molar-refractivity contribution >= 4 is 27.3 Å². The van der Waals surface area contributed by atoms with Crippen molar-refractivity contribution in [2.45, 2.75) is 33.4 Å². The fourth-order valence-electron chi connectivity index (χ4n) is 1.50.